The van der Waals surface area contributed by atoms with Gasteiger partial charge in [-0.1, -0.05) is 54.6 Å². The molecule has 7 rings (SSSR count). The van der Waals surface area contributed by atoms with E-state index in [0.29, 0.717) is 16.7 Å². The summed E-state index contributed by atoms with van der Waals surface area (Å²) in [6.07, 6.45) is 5.57. The number of hydrogen-bond acceptors (Lipinski definition) is 9. The van der Waals surface area contributed by atoms with E-state index in [1.165, 1.54) is 0 Å². The highest BCUT2D eigenvalue weighted by atomic mass is 16.2. The van der Waals surface area contributed by atoms with Gasteiger partial charge in [0.2, 0.25) is 35.4 Å². The number of aromatic amines is 3. The number of amides is 6. The lowest BCUT2D eigenvalue weighted by Gasteiger charge is -2.29. The van der Waals surface area contributed by atoms with Crippen LogP contribution in [0, 0.1) is 0 Å². The monoisotopic (exact) mass is 1030 g/mol. The number of H-pyrrole nitrogens is 3. The van der Waals surface area contributed by atoms with Crippen molar-refractivity contribution in [3.05, 3.63) is 108 Å². The Balaban J connectivity index is 1.32. The van der Waals surface area contributed by atoms with Crippen LogP contribution in [0.2, 0.25) is 0 Å². The third-order valence-electron chi connectivity index (χ3n) is 12.9. The molecule has 0 radical (unpaired) electrons. The average Bonchev–Trinajstić information content (AvgIpc) is 4.12. The quantitative estimate of drug-likeness (QED) is 0.0287. The molecule has 4 heterocycles. The molecule has 396 valence electrons. The maximum Gasteiger partial charge on any atom is 0.243 e. The van der Waals surface area contributed by atoms with Gasteiger partial charge >= 0.3 is 0 Å². The van der Waals surface area contributed by atoms with Gasteiger partial charge in [-0.05, 0) is 73.4 Å². The summed E-state index contributed by atoms with van der Waals surface area (Å²) in [5.74, 6) is -5.00. The fraction of sp³-hybridized carbons (Fsp3) is 0.353. The molecule has 21 N–H and O–H groups in total. The highest BCUT2D eigenvalue weighted by Gasteiger charge is 2.36. The molecular weight excluding hydrogens is 961 g/mol. The maximum atomic E-state index is 14.9. The van der Waals surface area contributed by atoms with Crippen molar-refractivity contribution < 1.29 is 28.8 Å². The first-order chi connectivity index (χ1) is 36.1. The van der Waals surface area contributed by atoms with Crippen LogP contribution in [0.4, 0.5) is 0 Å². The second-order valence-corrected chi connectivity index (χ2v) is 18.4. The van der Waals surface area contributed by atoms with Crippen molar-refractivity contribution in [2.75, 3.05) is 19.6 Å². The number of guanidine groups is 3. The molecule has 24 nitrogen and oxygen atoms in total. The van der Waals surface area contributed by atoms with E-state index in [1.807, 2.05) is 72.8 Å². The minimum absolute atomic E-state index is 0.0133. The van der Waals surface area contributed by atoms with E-state index in [4.69, 9.17) is 34.4 Å². The number of aliphatic imine (C=N–C) groups is 3. The molecular formula is C51H66N18O6. The topological polar surface area (TPSA) is 415 Å². The number of aromatic nitrogens is 3. The largest absolute Gasteiger partial charge is 0.370 e. The minimum atomic E-state index is -1.34. The van der Waals surface area contributed by atoms with Crippen molar-refractivity contribution in [3.63, 3.8) is 0 Å². The van der Waals surface area contributed by atoms with Crippen molar-refractivity contribution in [2.45, 2.75) is 94.0 Å². The molecule has 0 aliphatic carbocycles. The first kappa shape index (κ1) is 53.7. The number of nitrogens with one attached hydrogen (secondary N) is 9. The van der Waals surface area contributed by atoms with Crippen molar-refractivity contribution in [3.8, 4) is 0 Å². The van der Waals surface area contributed by atoms with Gasteiger partial charge in [-0.3, -0.25) is 43.7 Å². The maximum absolute atomic E-state index is 14.9. The van der Waals surface area contributed by atoms with E-state index < -0.39 is 71.7 Å². The van der Waals surface area contributed by atoms with E-state index in [2.05, 4.69) is 61.8 Å². The number of hydrogen-bond donors (Lipinski definition) is 15. The van der Waals surface area contributed by atoms with Crippen molar-refractivity contribution in [1.29, 1.82) is 0 Å². The zero-order valence-corrected chi connectivity index (χ0v) is 41.4. The first-order valence-corrected chi connectivity index (χ1v) is 24.8. The Labute approximate surface area is 431 Å². The molecule has 1 aliphatic heterocycles. The summed E-state index contributed by atoms with van der Waals surface area (Å²) in [5, 5.41) is 19.5. The number of para-hydroxylation sites is 3. The van der Waals surface area contributed by atoms with Gasteiger partial charge in [0.05, 0.1) is 0 Å². The summed E-state index contributed by atoms with van der Waals surface area (Å²) >= 11 is 0. The number of nitrogens with two attached hydrogens (primary N) is 6. The third-order valence-corrected chi connectivity index (χ3v) is 12.9. The SMILES string of the molecule is NC(N)=NCCC[C@@H]1NC(=O)[C@H](Cc2c[nH]c3ccccc23)NC(=O)[C@H](CCCN=C(N)N)NC(=O)[C@H](Cc2c[nH]c3ccccc23)NC(=O)[C@H](CCCN=C(N)N)NC(=O)[C@H](Cc2c[nH]c3ccccc23)NC1=O. The lowest BCUT2D eigenvalue weighted by atomic mass is 10.00. The molecule has 1 fully saturated rings. The van der Waals surface area contributed by atoms with Crippen LogP contribution in [-0.2, 0) is 48.0 Å². The van der Waals surface area contributed by atoms with Crippen LogP contribution in [0.25, 0.3) is 32.7 Å². The van der Waals surface area contributed by atoms with Gasteiger partial charge in [-0.15, -0.1) is 0 Å². The third kappa shape index (κ3) is 14.8. The number of benzene rings is 3. The summed E-state index contributed by atoms with van der Waals surface area (Å²) in [5.41, 5.74) is 38.1. The Morgan fingerprint density at radius 1 is 0.360 bits per heavy atom. The van der Waals surface area contributed by atoms with Crippen molar-refractivity contribution >= 4 is 86.0 Å². The molecule has 1 saturated heterocycles. The summed E-state index contributed by atoms with van der Waals surface area (Å²) in [6, 6.07) is 14.3. The summed E-state index contributed by atoms with van der Waals surface area (Å²) in [4.78, 5) is 111. The summed E-state index contributed by atoms with van der Waals surface area (Å²) in [6.45, 7) is 0.280. The molecule has 3 aromatic heterocycles. The smallest absolute Gasteiger partial charge is 0.243 e. The zero-order valence-electron chi connectivity index (χ0n) is 41.4. The van der Waals surface area contributed by atoms with Crippen LogP contribution in [0.5, 0.6) is 0 Å². The Hall–Kier alpha value is -9.09. The van der Waals surface area contributed by atoms with Crippen LogP contribution in [-0.4, -0.2) is 124 Å². The molecule has 0 unspecified atom stereocenters. The zero-order chi connectivity index (χ0) is 53.4. The van der Waals surface area contributed by atoms with E-state index in [-0.39, 0.29) is 95.3 Å². The van der Waals surface area contributed by atoms with Gasteiger partial charge in [0.1, 0.15) is 36.3 Å². The van der Waals surface area contributed by atoms with Crippen LogP contribution in [0.15, 0.2) is 106 Å². The van der Waals surface area contributed by atoms with E-state index >= 15 is 0 Å². The predicted octanol–water partition coefficient (Wildman–Crippen LogP) is -0.758. The second kappa shape index (κ2) is 25.5. The Bertz CT molecular complexity index is 2750. The molecule has 1 aliphatic rings. The van der Waals surface area contributed by atoms with Crippen LogP contribution >= 0.6 is 0 Å². The summed E-state index contributed by atoms with van der Waals surface area (Å²) < 4.78 is 0. The fourth-order valence-corrected chi connectivity index (χ4v) is 9.14. The molecule has 6 amide bonds. The molecule has 6 atom stereocenters. The average molecular weight is 1030 g/mol. The molecule has 0 saturated carbocycles. The lowest BCUT2D eigenvalue weighted by Crippen LogP contribution is -2.62. The van der Waals surface area contributed by atoms with Gasteiger partial charge in [-0.25, -0.2) is 0 Å². The number of carbonyl (C=O) groups is 6. The van der Waals surface area contributed by atoms with Crippen molar-refractivity contribution in [1.82, 2.24) is 46.9 Å². The lowest BCUT2D eigenvalue weighted by molar-refractivity contribution is -0.136. The Morgan fingerprint density at radius 2 is 0.600 bits per heavy atom. The van der Waals surface area contributed by atoms with Crippen LogP contribution in [0.1, 0.15) is 55.2 Å². The van der Waals surface area contributed by atoms with Gasteiger partial charge in [0.15, 0.2) is 17.9 Å². The molecule has 24 heteroatoms. The first-order valence-electron chi connectivity index (χ1n) is 24.8. The number of carbonyl (C=O) groups excluding carboxylic acids is 6. The number of fused-ring (bicyclic) bond motifs is 3. The Kier molecular flexibility index (Phi) is 18.3. The van der Waals surface area contributed by atoms with E-state index in [0.717, 1.165) is 32.7 Å². The molecule has 0 bridgehead atoms. The van der Waals surface area contributed by atoms with Crippen LogP contribution in [0.3, 0.4) is 0 Å². The van der Waals surface area contributed by atoms with E-state index in [1.54, 1.807) is 18.6 Å². The Morgan fingerprint density at radius 3 is 0.867 bits per heavy atom. The molecule has 6 aromatic rings. The highest BCUT2D eigenvalue weighted by Crippen LogP contribution is 2.23. The van der Waals surface area contributed by atoms with Crippen molar-refractivity contribution in [2.24, 2.45) is 49.4 Å². The van der Waals surface area contributed by atoms with E-state index in [9.17, 15) is 28.8 Å². The minimum Gasteiger partial charge on any atom is -0.370 e. The number of rotatable bonds is 18. The van der Waals surface area contributed by atoms with Gasteiger partial charge in [0, 0.05) is 90.2 Å². The van der Waals surface area contributed by atoms with Crippen LogP contribution < -0.4 is 66.3 Å². The number of nitrogens with zero attached hydrogens (tertiary/aromatic N) is 3. The molecule has 3 aromatic carbocycles. The predicted molar refractivity (Wildman–Crippen MR) is 287 cm³/mol. The highest BCUT2D eigenvalue weighted by molar-refractivity contribution is 5.99. The fourth-order valence-electron chi connectivity index (χ4n) is 9.14. The van der Waals surface area contributed by atoms with Gasteiger partial charge in [0.25, 0.3) is 0 Å². The summed E-state index contributed by atoms with van der Waals surface area (Å²) in [7, 11) is 0. The normalized spacial score (nSPS) is 20.2. The second-order valence-electron chi connectivity index (χ2n) is 18.4. The standard InChI is InChI=1S/C51H66N18O6/c52-49(53)58-19-7-16-37-43(70)67-40(22-28-25-61-34-13-4-1-10-31(28)34)46(73)64-38(17-8-20-59-50(54)55)44(71)68-42(24-30-27-63-36-15-6-3-12-33(30)36)48(75)66-39(18-9-21-60-51(56)57)45(72)69-41(47(74)65-37)23-29-26-62-35-14-5-2-11-32(29)35/h1-6,10-15,25-27,37-42,61-63H,7-9,16-24H2,(H,64,73)(H,65,74)(H,66,75)(H,67,70)(H,68,71)(H,69,72)(H4,52,53,58)(H4,54,55,59)(H4,56,57,60)/t37-,38-,39-,40-,41-,42-/m0/s1. The van der Waals surface area contributed by atoms with Gasteiger partial charge < -0.3 is 81.3 Å². The molecule has 0 spiro atoms. The molecule has 75 heavy (non-hydrogen) atoms. The van der Waals surface area contributed by atoms with Gasteiger partial charge in [-0.2, -0.15) is 0 Å².